The van der Waals surface area contributed by atoms with E-state index in [1.54, 1.807) is 0 Å². The van der Waals surface area contributed by atoms with Crippen LogP contribution in [-0.2, 0) is 32.6 Å². The van der Waals surface area contributed by atoms with Gasteiger partial charge in [-0.25, -0.2) is 8.42 Å². The van der Waals surface area contributed by atoms with E-state index in [9.17, 15) is 28.1 Å². The van der Waals surface area contributed by atoms with Gasteiger partial charge in [0.1, 0.15) is 24.0 Å². The van der Waals surface area contributed by atoms with E-state index in [0.717, 1.165) is 33.3 Å². The minimum absolute atomic E-state index is 0.0229. The molecule has 1 N–H and O–H groups in total. The number of benzene rings is 3. The van der Waals surface area contributed by atoms with Crippen LogP contribution in [0.5, 0.6) is 5.75 Å². The number of non-ortho nitro benzene ring substituents is 1. The van der Waals surface area contributed by atoms with Gasteiger partial charge in [0.2, 0.25) is 21.8 Å². The van der Waals surface area contributed by atoms with Crippen molar-refractivity contribution in [3.05, 3.63) is 99.6 Å². The molecule has 0 saturated heterocycles. The molecule has 0 aliphatic rings. The highest BCUT2D eigenvalue weighted by Gasteiger charge is 2.34. The van der Waals surface area contributed by atoms with Crippen molar-refractivity contribution in [1.29, 1.82) is 0 Å². The molecule has 12 heteroatoms. The van der Waals surface area contributed by atoms with Crippen LogP contribution >= 0.6 is 0 Å². The summed E-state index contributed by atoms with van der Waals surface area (Å²) in [5.74, 6) is -1.07. The average Bonchev–Trinajstić information content (AvgIpc) is 2.92. The van der Waals surface area contributed by atoms with E-state index in [1.807, 2.05) is 61.5 Å². The van der Waals surface area contributed by atoms with Crippen LogP contribution in [-0.4, -0.2) is 63.1 Å². The Balaban J connectivity index is 2.10. The molecule has 0 unspecified atom stereocenters. The van der Waals surface area contributed by atoms with Crippen molar-refractivity contribution in [2.75, 3.05) is 31.3 Å². The second-order valence-corrected chi connectivity index (χ2v) is 11.1. The third kappa shape index (κ3) is 7.56. The summed E-state index contributed by atoms with van der Waals surface area (Å²) >= 11 is 0. The Labute approximate surface area is 233 Å². The van der Waals surface area contributed by atoms with Gasteiger partial charge < -0.3 is 15.0 Å². The van der Waals surface area contributed by atoms with Crippen LogP contribution in [0.4, 0.5) is 11.4 Å². The summed E-state index contributed by atoms with van der Waals surface area (Å²) in [6, 6.07) is 19.1. The lowest BCUT2D eigenvalue weighted by Gasteiger charge is -2.33. The minimum atomic E-state index is -4.13. The summed E-state index contributed by atoms with van der Waals surface area (Å²) in [6.07, 6.45) is 1.07. The van der Waals surface area contributed by atoms with Crippen molar-refractivity contribution >= 4 is 33.2 Å². The van der Waals surface area contributed by atoms with Gasteiger partial charge >= 0.3 is 0 Å². The maximum atomic E-state index is 14.0. The van der Waals surface area contributed by atoms with Gasteiger partial charge in [0, 0.05) is 32.1 Å². The van der Waals surface area contributed by atoms with E-state index in [1.165, 1.54) is 31.2 Å². The normalized spacial score (nSPS) is 11.8. The zero-order valence-electron chi connectivity index (χ0n) is 22.7. The number of nitrogens with one attached hydrogen (secondary N) is 1. The van der Waals surface area contributed by atoms with Gasteiger partial charge in [-0.1, -0.05) is 60.2 Å². The summed E-state index contributed by atoms with van der Waals surface area (Å²) in [4.78, 5) is 39.3. The fourth-order valence-corrected chi connectivity index (χ4v) is 5.15. The first-order chi connectivity index (χ1) is 18.9. The number of sulfonamides is 1. The van der Waals surface area contributed by atoms with Crippen molar-refractivity contribution < 1.29 is 27.7 Å². The molecule has 3 aromatic carbocycles. The fourth-order valence-electron chi connectivity index (χ4n) is 4.31. The number of anilines is 1. The molecule has 2 amide bonds. The maximum Gasteiger partial charge on any atom is 0.271 e. The largest absolute Gasteiger partial charge is 0.495 e. The quantitative estimate of drug-likeness (QED) is 0.262. The van der Waals surface area contributed by atoms with Gasteiger partial charge in [-0.05, 0) is 24.1 Å². The van der Waals surface area contributed by atoms with Crippen LogP contribution in [0.25, 0.3) is 0 Å². The number of nitrogens with zero attached hydrogens (tertiary/aromatic N) is 3. The van der Waals surface area contributed by atoms with Gasteiger partial charge in [-0.2, -0.15) is 0 Å². The lowest BCUT2D eigenvalue weighted by molar-refractivity contribution is -0.384. The molecule has 1 atom stereocenters. The van der Waals surface area contributed by atoms with Crippen LogP contribution < -0.4 is 14.4 Å². The number of carbonyl (C=O) groups is 2. The summed E-state index contributed by atoms with van der Waals surface area (Å²) in [5.41, 5.74) is 1.96. The Bertz CT molecular complexity index is 1480. The molecule has 3 aromatic rings. The average molecular weight is 569 g/mol. The van der Waals surface area contributed by atoms with Gasteiger partial charge in [0.15, 0.2) is 0 Å². The zero-order valence-corrected chi connectivity index (χ0v) is 23.6. The molecule has 0 saturated carbocycles. The molecule has 0 fully saturated rings. The van der Waals surface area contributed by atoms with Crippen LogP contribution in [0.2, 0.25) is 0 Å². The Kier molecular flexibility index (Phi) is 9.83. The predicted octanol–water partition coefficient (Wildman–Crippen LogP) is 3.06. The standard InChI is InChI=1S/C28H32N4O7S/c1-20-9-8-12-22(15-20)18-30(25(28(34)29-2)16-21-10-6-5-7-11-21)27(33)19-31(40(4,37)38)24-17-23(32(35)36)13-14-26(24)39-3/h5-15,17,25H,16,18-19H2,1-4H3,(H,29,34)/t25-/m1/s1. The molecule has 0 aromatic heterocycles. The Morgan fingerprint density at radius 2 is 1.70 bits per heavy atom. The molecule has 0 heterocycles. The third-order valence-corrected chi connectivity index (χ3v) is 7.40. The molecule has 0 spiro atoms. The molecular formula is C28H32N4O7S. The van der Waals surface area contributed by atoms with E-state index in [2.05, 4.69) is 5.32 Å². The third-order valence-electron chi connectivity index (χ3n) is 6.27. The summed E-state index contributed by atoms with van der Waals surface area (Å²) in [5, 5.41) is 14.0. The Morgan fingerprint density at radius 1 is 1.02 bits per heavy atom. The number of hydrogen-bond donors (Lipinski definition) is 1. The molecule has 0 aliphatic heterocycles. The fraction of sp³-hybridized carbons (Fsp3) is 0.286. The second kappa shape index (κ2) is 13.1. The smallest absolute Gasteiger partial charge is 0.271 e. The van der Waals surface area contributed by atoms with E-state index in [4.69, 9.17) is 4.74 Å². The summed E-state index contributed by atoms with van der Waals surface area (Å²) in [7, 11) is -1.37. The number of aryl methyl sites for hydroxylation is 1. The van der Waals surface area contributed by atoms with Gasteiger partial charge in [0.25, 0.3) is 5.69 Å². The summed E-state index contributed by atoms with van der Waals surface area (Å²) in [6.45, 7) is 1.20. The summed E-state index contributed by atoms with van der Waals surface area (Å²) < 4.78 is 31.9. The van der Waals surface area contributed by atoms with Crippen molar-refractivity contribution in [3.63, 3.8) is 0 Å². The molecule has 212 valence electrons. The first kappa shape index (κ1) is 30.1. The number of carbonyl (C=O) groups excluding carboxylic acids is 2. The number of ether oxygens (including phenoxy) is 1. The van der Waals surface area contributed by atoms with Crippen LogP contribution in [0, 0.1) is 17.0 Å². The van der Waals surface area contributed by atoms with E-state index in [0.29, 0.717) is 0 Å². The van der Waals surface area contributed by atoms with E-state index in [-0.39, 0.29) is 30.1 Å². The molecule has 0 radical (unpaired) electrons. The molecule has 0 aliphatic carbocycles. The second-order valence-electron chi connectivity index (χ2n) is 9.21. The number of nitro benzene ring substituents is 1. The van der Waals surface area contributed by atoms with Crippen LogP contribution in [0.1, 0.15) is 16.7 Å². The molecule has 0 bridgehead atoms. The highest BCUT2D eigenvalue weighted by molar-refractivity contribution is 7.92. The number of amides is 2. The topological polar surface area (TPSA) is 139 Å². The SMILES string of the molecule is CNC(=O)[C@@H](Cc1ccccc1)N(Cc1cccc(C)c1)C(=O)CN(c1cc([N+](=O)[O-])ccc1OC)S(C)(=O)=O. The first-order valence-corrected chi connectivity index (χ1v) is 14.2. The number of hydrogen-bond acceptors (Lipinski definition) is 7. The van der Waals surface area contributed by atoms with E-state index >= 15 is 0 Å². The molecule has 11 nitrogen and oxygen atoms in total. The van der Waals surface area contributed by atoms with Gasteiger partial charge in [0.05, 0.1) is 18.3 Å². The van der Waals surface area contributed by atoms with Gasteiger partial charge in [-0.3, -0.25) is 24.0 Å². The highest BCUT2D eigenvalue weighted by Crippen LogP contribution is 2.34. The predicted molar refractivity (Wildman–Crippen MR) is 152 cm³/mol. The van der Waals surface area contributed by atoms with Crippen molar-refractivity contribution in [2.45, 2.75) is 25.9 Å². The van der Waals surface area contributed by atoms with Crippen molar-refractivity contribution in [3.8, 4) is 5.75 Å². The van der Waals surface area contributed by atoms with Crippen LogP contribution in [0.3, 0.4) is 0 Å². The number of nitro groups is 1. The van der Waals surface area contributed by atoms with Crippen LogP contribution in [0.15, 0.2) is 72.8 Å². The number of likely N-dealkylation sites (N-methyl/N-ethyl adjacent to an activating group) is 1. The minimum Gasteiger partial charge on any atom is -0.495 e. The molecule has 40 heavy (non-hydrogen) atoms. The van der Waals surface area contributed by atoms with Gasteiger partial charge in [-0.15, -0.1) is 0 Å². The monoisotopic (exact) mass is 568 g/mol. The Hall–Kier alpha value is -4.45. The first-order valence-electron chi connectivity index (χ1n) is 12.3. The lowest BCUT2D eigenvalue weighted by atomic mass is 10.0. The lowest BCUT2D eigenvalue weighted by Crippen LogP contribution is -2.52. The maximum absolute atomic E-state index is 14.0. The van der Waals surface area contributed by atoms with Crippen molar-refractivity contribution in [2.24, 2.45) is 0 Å². The van der Waals surface area contributed by atoms with E-state index < -0.39 is 39.3 Å². The molecule has 3 rings (SSSR count). The number of methoxy groups -OCH3 is 1. The highest BCUT2D eigenvalue weighted by atomic mass is 32.2. The number of rotatable bonds is 12. The zero-order chi connectivity index (χ0) is 29.4. The van der Waals surface area contributed by atoms with Crippen molar-refractivity contribution in [1.82, 2.24) is 10.2 Å². The molecular weight excluding hydrogens is 536 g/mol. The Morgan fingerprint density at radius 3 is 2.27 bits per heavy atom.